The number of aliphatic hydroxyl groups is 1. The third-order valence-electron chi connectivity index (χ3n) is 4.29. The van der Waals surface area contributed by atoms with E-state index >= 15 is 0 Å². The van der Waals surface area contributed by atoms with E-state index in [2.05, 4.69) is 0 Å². The molecular formula is C17H24F2O2. The van der Waals surface area contributed by atoms with Crippen LogP contribution >= 0.6 is 0 Å². The van der Waals surface area contributed by atoms with Crippen LogP contribution in [-0.4, -0.2) is 23.9 Å². The van der Waals surface area contributed by atoms with Crippen molar-refractivity contribution in [2.24, 2.45) is 5.92 Å². The summed E-state index contributed by atoms with van der Waals surface area (Å²) in [4.78, 5) is 0. The maximum atomic E-state index is 13.7. The van der Waals surface area contributed by atoms with E-state index in [-0.39, 0.29) is 18.1 Å². The Morgan fingerprint density at radius 2 is 1.95 bits per heavy atom. The molecule has 2 unspecified atom stereocenters. The van der Waals surface area contributed by atoms with Crippen molar-refractivity contribution in [3.05, 3.63) is 35.4 Å². The van der Waals surface area contributed by atoms with Gasteiger partial charge < -0.3 is 9.84 Å². The zero-order chi connectivity index (χ0) is 15.2. The Hall–Kier alpha value is -1.00. The first-order chi connectivity index (χ1) is 10.1. The van der Waals surface area contributed by atoms with Crippen LogP contribution in [0.2, 0.25) is 0 Å². The third kappa shape index (κ3) is 4.48. The highest BCUT2D eigenvalue weighted by Crippen LogP contribution is 2.30. The quantitative estimate of drug-likeness (QED) is 0.864. The molecule has 21 heavy (non-hydrogen) atoms. The molecule has 0 aliphatic heterocycles. The molecule has 1 aromatic carbocycles. The molecule has 1 saturated carbocycles. The number of aliphatic hydroxyl groups excluding tert-OH is 1. The van der Waals surface area contributed by atoms with E-state index < -0.39 is 17.7 Å². The first kappa shape index (κ1) is 16.4. The summed E-state index contributed by atoms with van der Waals surface area (Å²) < 4.78 is 32.6. The van der Waals surface area contributed by atoms with Crippen LogP contribution in [0.25, 0.3) is 0 Å². The minimum absolute atomic E-state index is 0.0881. The van der Waals surface area contributed by atoms with Gasteiger partial charge in [-0.1, -0.05) is 19.3 Å². The molecule has 0 amide bonds. The zero-order valence-electron chi connectivity index (χ0n) is 12.5. The van der Waals surface area contributed by atoms with E-state index in [1.165, 1.54) is 6.42 Å². The summed E-state index contributed by atoms with van der Waals surface area (Å²) in [5, 5.41) is 10.4. The third-order valence-corrected chi connectivity index (χ3v) is 4.29. The lowest BCUT2D eigenvalue weighted by atomic mass is 9.82. The largest absolute Gasteiger partial charge is 0.390 e. The molecule has 1 N–H and O–H groups in total. The summed E-state index contributed by atoms with van der Waals surface area (Å²) in [6.45, 7) is 2.41. The second kappa shape index (κ2) is 7.85. The average molecular weight is 298 g/mol. The van der Waals surface area contributed by atoms with Crippen molar-refractivity contribution in [2.45, 2.75) is 57.7 Å². The molecule has 1 aliphatic carbocycles. The van der Waals surface area contributed by atoms with E-state index in [4.69, 9.17) is 4.74 Å². The summed E-state index contributed by atoms with van der Waals surface area (Å²) in [5.74, 6) is -0.649. The van der Waals surface area contributed by atoms with Gasteiger partial charge in [0.05, 0.1) is 12.2 Å². The molecule has 0 heterocycles. The molecule has 1 fully saturated rings. The summed E-state index contributed by atoms with van der Waals surface area (Å²) in [5.41, 5.74) is 0.211. The maximum Gasteiger partial charge on any atom is 0.126 e. The first-order valence-electron chi connectivity index (χ1n) is 7.85. The van der Waals surface area contributed by atoms with Gasteiger partial charge in [-0.3, -0.25) is 0 Å². The molecule has 0 bridgehead atoms. The number of ether oxygens (including phenoxy) is 1. The molecule has 2 atom stereocenters. The lowest BCUT2D eigenvalue weighted by molar-refractivity contribution is -0.0717. The Labute approximate surface area is 125 Å². The van der Waals surface area contributed by atoms with Gasteiger partial charge >= 0.3 is 0 Å². The molecule has 1 aromatic rings. The number of halogens is 2. The molecule has 118 valence electrons. The molecule has 0 radical (unpaired) electrons. The van der Waals surface area contributed by atoms with Gasteiger partial charge in [-0.25, -0.2) is 8.78 Å². The van der Waals surface area contributed by atoms with Crippen LogP contribution in [0.15, 0.2) is 18.2 Å². The molecule has 1 aliphatic rings. The van der Waals surface area contributed by atoms with Crippen LogP contribution in [0.1, 0.15) is 44.6 Å². The molecule has 2 rings (SSSR count). The fourth-order valence-corrected chi connectivity index (χ4v) is 3.26. The maximum absolute atomic E-state index is 13.7. The van der Waals surface area contributed by atoms with Crippen LogP contribution < -0.4 is 0 Å². The van der Waals surface area contributed by atoms with Gasteiger partial charge in [-0.2, -0.15) is 0 Å². The Morgan fingerprint density at radius 1 is 1.24 bits per heavy atom. The van der Waals surface area contributed by atoms with Crippen molar-refractivity contribution in [2.75, 3.05) is 6.61 Å². The summed E-state index contributed by atoms with van der Waals surface area (Å²) >= 11 is 0. The van der Waals surface area contributed by atoms with Gasteiger partial charge in [0.15, 0.2) is 0 Å². The second-order valence-electron chi connectivity index (χ2n) is 5.83. The van der Waals surface area contributed by atoms with Crippen molar-refractivity contribution in [1.29, 1.82) is 0 Å². The minimum Gasteiger partial charge on any atom is -0.390 e. The van der Waals surface area contributed by atoms with Crippen LogP contribution in [0, 0.1) is 17.6 Å². The summed E-state index contributed by atoms with van der Waals surface area (Å²) in [7, 11) is 0. The van der Waals surface area contributed by atoms with Crippen molar-refractivity contribution in [3.8, 4) is 0 Å². The Morgan fingerprint density at radius 3 is 2.62 bits per heavy atom. The van der Waals surface area contributed by atoms with Gasteiger partial charge in [-0.15, -0.1) is 0 Å². The number of benzene rings is 1. The topological polar surface area (TPSA) is 29.5 Å². The smallest absolute Gasteiger partial charge is 0.126 e. The van der Waals surface area contributed by atoms with Crippen molar-refractivity contribution < 1.29 is 18.6 Å². The Kier molecular flexibility index (Phi) is 6.12. The first-order valence-corrected chi connectivity index (χ1v) is 7.85. The predicted octanol–water partition coefficient (Wildman–Crippen LogP) is 3.85. The molecule has 0 saturated heterocycles. The highest BCUT2D eigenvalue weighted by molar-refractivity contribution is 5.19. The number of hydrogen-bond acceptors (Lipinski definition) is 2. The minimum atomic E-state index is -0.802. The van der Waals surface area contributed by atoms with Crippen molar-refractivity contribution >= 4 is 0 Å². The second-order valence-corrected chi connectivity index (χ2v) is 5.83. The molecule has 2 nitrogen and oxygen atoms in total. The average Bonchev–Trinajstić information content (AvgIpc) is 2.49. The van der Waals surface area contributed by atoms with Gasteiger partial charge in [0.1, 0.15) is 11.6 Å². The number of hydrogen-bond donors (Lipinski definition) is 1. The molecule has 0 spiro atoms. The van der Waals surface area contributed by atoms with E-state index in [0.29, 0.717) is 12.5 Å². The summed E-state index contributed by atoms with van der Waals surface area (Å²) in [6.07, 6.45) is 4.59. The van der Waals surface area contributed by atoms with Gasteiger partial charge in [0.25, 0.3) is 0 Å². The van der Waals surface area contributed by atoms with Crippen LogP contribution in [0.4, 0.5) is 8.78 Å². The van der Waals surface area contributed by atoms with Crippen molar-refractivity contribution in [1.82, 2.24) is 0 Å². The standard InChI is InChI=1S/C17H24F2O2/c1-2-21-17(12-6-4-3-5-7-12)16(20)11-13-10-14(18)8-9-15(13)19/h8-10,12,16-17,20H,2-7,11H2,1H3. The molecule has 4 heteroatoms. The fourth-order valence-electron chi connectivity index (χ4n) is 3.26. The van der Waals surface area contributed by atoms with Crippen molar-refractivity contribution in [3.63, 3.8) is 0 Å². The van der Waals surface area contributed by atoms with E-state index in [9.17, 15) is 13.9 Å². The monoisotopic (exact) mass is 298 g/mol. The SMILES string of the molecule is CCOC(C(O)Cc1cc(F)ccc1F)C1CCCCC1. The lowest BCUT2D eigenvalue weighted by Gasteiger charge is -2.33. The normalized spacial score (nSPS) is 19.4. The molecule has 0 aromatic heterocycles. The highest BCUT2D eigenvalue weighted by atomic mass is 19.1. The molecular weight excluding hydrogens is 274 g/mol. The lowest BCUT2D eigenvalue weighted by Crippen LogP contribution is -2.38. The zero-order valence-corrected chi connectivity index (χ0v) is 12.5. The van der Waals surface area contributed by atoms with Gasteiger partial charge in [0.2, 0.25) is 0 Å². The predicted molar refractivity (Wildman–Crippen MR) is 78.1 cm³/mol. The van der Waals surface area contributed by atoms with E-state index in [1.807, 2.05) is 6.92 Å². The van der Waals surface area contributed by atoms with E-state index in [0.717, 1.165) is 43.9 Å². The Bertz CT molecular complexity index is 444. The Balaban J connectivity index is 2.06. The number of rotatable bonds is 6. The fraction of sp³-hybridized carbons (Fsp3) is 0.647. The van der Waals surface area contributed by atoms with Crippen LogP contribution in [0.3, 0.4) is 0 Å². The van der Waals surface area contributed by atoms with E-state index in [1.54, 1.807) is 0 Å². The van der Waals surface area contributed by atoms with Crippen LogP contribution in [-0.2, 0) is 11.2 Å². The summed E-state index contributed by atoms with van der Waals surface area (Å²) in [6, 6.07) is 3.35. The highest BCUT2D eigenvalue weighted by Gasteiger charge is 2.30. The van der Waals surface area contributed by atoms with Gasteiger partial charge in [0, 0.05) is 13.0 Å². The van der Waals surface area contributed by atoms with Crippen LogP contribution in [0.5, 0.6) is 0 Å². The van der Waals surface area contributed by atoms with Gasteiger partial charge in [-0.05, 0) is 49.4 Å².